The van der Waals surface area contributed by atoms with Gasteiger partial charge in [-0.05, 0) is 62.6 Å². The van der Waals surface area contributed by atoms with Gasteiger partial charge < -0.3 is 14.8 Å². The monoisotopic (exact) mass is 391 g/mol. The van der Waals surface area contributed by atoms with Gasteiger partial charge in [0.25, 0.3) is 0 Å². The molecule has 0 fully saturated rings. The lowest BCUT2D eigenvalue weighted by Gasteiger charge is -2.47. The first-order valence-corrected chi connectivity index (χ1v) is 10.5. The van der Waals surface area contributed by atoms with Gasteiger partial charge in [-0.2, -0.15) is 0 Å². The molecule has 152 valence electrons. The lowest BCUT2D eigenvalue weighted by Crippen LogP contribution is -2.44. The predicted octanol–water partition coefficient (Wildman–Crippen LogP) is 4.65. The topological polar surface area (TPSA) is 62.6 Å². The maximum Gasteiger partial charge on any atom is 0.203 e. The number of benzene rings is 1. The van der Waals surface area contributed by atoms with Gasteiger partial charge in [-0.15, -0.1) is 0 Å². The number of aryl methyl sites for hydroxylation is 2. The molecule has 1 aromatic carbocycles. The molecule has 0 radical (unpaired) electrons. The molecule has 2 aliphatic rings. The van der Waals surface area contributed by atoms with Crippen LogP contribution in [-0.2, 0) is 18.3 Å². The molecule has 2 N–H and O–H groups in total. The van der Waals surface area contributed by atoms with Crippen molar-refractivity contribution in [2.24, 2.45) is 11.8 Å². The molecule has 0 saturated heterocycles. The van der Waals surface area contributed by atoms with E-state index in [4.69, 9.17) is 16.7 Å². The summed E-state index contributed by atoms with van der Waals surface area (Å²) < 4.78 is 2.26. The van der Waals surface area contributed by atoms with Crippen molar-refractivity contribution < 1.29 is 10.2 Å². The van der Waals surface area contributed by atoms with Crippen LogP contribution >= 0.6 is 0 Å². The number of imidazole rings is 1. The minimum atomic E-state index is -0.233. The van der Waals surface area contributed by atoms with E-state index >= 15 is 0 Å². The predicted molar refractivity (Wildman–Crippen MR) is 113 cm³/mol. The van der Waals surface area contributed by atoms with Crippen LogP contribution in [0.2, 0.25) is 0 Å². The summed E-state index contributed by atoms with van der Waals surface area (Å²) in [6.07, 6.45) is 4.07. The zero-order valence-electron chi connectivity index (χ0n) is 17.4. The van der Waals surface area contributed by atoms with Crippen molar-refractivity contribution in [2.75, 3.05) is 6.61 Å². The van der Waals surface area contributed by atoms with E-state index < -0.39 is 0 Å². The maximum absolute atomic E-state index is 10.5. The molecule has 0 spiro atoms. The number of nitrogens with zero attached hydrogens (tertiary/aromatic N) is 3. The van der Waals surface area contributed by atoms with Gasteiger partial charge in [-0.3, -0.25) is 0 Å². The molecule has 1 heterocycles. The Labute approximate surface area is 172 Å². The number of fused-ring (bicyclic) bond motifs is 3. The number of allylic oxidation sites excluding steroid dienone is 2. The fourth-order valence-corrected chi connectivity index (χ4v) is 5.53. The molecule has 29 heavy (non-hydrogen) atoms. The Hall–Kier alpha value is -2.58. The highest BCUT2D eigenvalue weighted by Gasteiger charge is 2.50. The zero-order valence-corrected chi connectivity index (χ0v) is 17.4. The third-order valence-electron chi connectivity index (χ3n) is 6.98. The van der Waals surface area contributed by atoms with Crippen LogP contribution in [0.15, 0.2) is 35.7 Å². The zero-order chi connectivity index (χ0) is 20.8. The second-order valence-corrected chi connectivity index (χ2v) is 8.76. The van der Waals surface area contributed by atoms with Crippen molar-refractivity contribution in [2.45, 2.75) is 58.3 Å². The van der Waals surface area contributed by atoms with E-state index in [-0.39, 0.29) is 23.7 Å². The third kappa shape index (κ3) is 3.07. The summed E-state index contributed by atoms with van der Waals surface area (Å²) in [6.45, 7) is 14.0. The van der Waals surface area contributed by atoms with Crippen LogP contribution in [0.5, 0.6) is 0 Å². The van der Waals surface area contributed by atoms with Crippen LogP contribution in [0.25, 0.3) is 10.5 Å². The largest absolute Gasteiger partial charge is 0.523 e. The van der Waals surface area contributed by atoms with Gasteiger partial charge in [-0.25, -0.2) is 9.83 Å². The molecule has 3 atom stereocenters. The summed E-state index contributed by atoms with van der Waals surface area (Å²) in [4.78, 5) is 8.66. The van der Waals surface area contributed by atoms with E-state index in [2.05, 4.69) is 40.6 Å². The number of aliphatic hydroxyl groups excluding tert-OH is 2. The summed E-state index contributed by atoms with van der Waals surface area (Å²) in [6, 6.07) is 8.49. The molecule has 5 nitrogen and oxygen atoms in total. The first-order chi connectivity index (χ1) is 13.9. The van der Waals surface area contributed by atoms with Gasteiger partial charge in [0.2, 0.25) is 5.70 Å². The molecule has 2 aromatic rings. The second-order valence-electron chi connectivity index (χ2n) is 8.76. The Balaban J connectivity index is 1.80. The number of hydrogen-bond donors (Lipinski definition) is 2. The molecule has 1 aromatic heterocycles. The van der Waals surface area contributed by atoms with E-state index in [0.717, 1.165) is 42.9 Å². The number of aromatic nitrogens is 2. The fraction of sp³-hybridized carbons (Fsp3) is 0.500. The van der Waals surface area contributed by atoms with Gasteiger partial charge in [0.05, 0.1) is 18.0 Å². The Morgan fingerprint density at radius 3 is 2.90 bits per heavy atom. The lowest BCUT2D eigenvalue weighted by atomic mass is 9.58. The van der Waals surface area contributed by atoms with E-state index in [0.29, 0.717) is 18.0 Å². The molecule has 2 aliphatic carbocycles. The van der Waals surface area contributed by atoms with Crippen LogP contribution in [0.1, 0.15) is 55.9 Å². The first kappa shape index (κ1) is 19.7. The molecule has 0 unspecified atom stereocenters. The van der Waals surface area contributed by atoms with Crippen molar-refractivity contribution in [3.8, 4) is 5.69 Å². The average molecular weight is 392 g/mol. The number of rotatable bonds is 4. The molecule has 0 saturated carbocycles. The fourth-order valence-electron chi connectivity index (χ4n) is 5.53. The molecule has 0 amide bonds. The van der Waals surface area contributed by atoms with Crippen LogP contribution in [0.3, 0.4) is 0 Å². The summed E-state index contributed by atoms with van der Waals surface area (Å²) in [5.74, 6) is 1.52. The van der Waals surface area contributed by atoms with Crippen molar-refractivity contribution in [1.82, 2.24) is 9.55 Å². The molecule has 0 bridgehead atoms. The van der Waals surface area contributed by atoms with Crippen molar-refractivity contribution in [3.63, 3.8) is 0 Å². The van der Waals surface area contributed by atoms with Crippen LogP contribution in [0, 0.1) is 25.3 Å². The van der Waals surface area contributed by atoms with Gasteiger partial charge in [0.1, 0.15) is 5.82 Å². The number of hydrogen-bond acceptors (Lipinski definition) is 3. The van der Waals surface area contributed by atoms with E-state index in [9.17, 15) is 5.11 Å². The quantitative estimate of drug-likeness (QED) is 0.746. The molecular formula is C24H29N3O2. The molecular weight excluding hydrogens is 362 g/mol. The summed E-state index contributed by atoms with van der Waals surface area (Å²) >= 11 is 0. The highest BCUT2D eigenvalue weighted by molar-refractivity contribution is 5.45. The van der Waals surface area contributed by atoms with Crippen molar-refractivity contribution in [1.29, 1.82) is 0 Å². The Bertz CT molecular complexity index is 1010. The average Bonchev–Trinajstić information content (AvgIpc) is 3.06. The standard InChI is InChI=1S/C24H29N3O2/c1-15-19-10-11-21-23(24(19,3)14-20(25-4)22(15)29)26-16(2)27(21)18-9-5-7-17(13-18)8-6-12-28/h5,7,9,13,15,19,28-29H,6,8,10-12,14H2,1-3H3/t15-,19-,24-/m0/s1. The SMILES string of the molecule is [C-]#[N+]C1=C(O)[C@@H](C)[C@@H]2CCc3c(nc(C)n3-c3cccc(CCCO)c3)[C@@]2(C)C1. The summed E-state index contributed by atoms with van der Waals surface area (Å²) in [5.41, 5.74) is 4.91. The van der Waals surface area contributed by atoms with Gasteiger partial charge in [-0.1, -0.05) is 26.0 Å². The van der Waals surface area contributed by atoms with E-state index in [1.165, 1.54) is 11.3 Å². The minimum Gasteiger partial charge on any atom is -0.523 e. The van der Waals surface area contributed by atoms with Crippen molar-refractivity contribution >= 4 is 0 Å². The third-order valence-corrected chi connectivity index (χ3v) is 6.98. The van der Waals surface area contributed by atoms with Gasteiger partial charge in [0.15, 0.2) is 0 Å². The van der Waals surface area contributed by atoms with Gasteiger partial charge in [0, 0.05) is 29.3 Å². The lowest BCUT2D eigenvalue weighted by molar-refractivity contribution is 0.135. The van der Waals surface area contributed by atoms with Crippen molar-refractivity contribution in [3.05, 3.63) is 69.9 Å². The maximum atomic E-state index is 10.5. The van der Waals surface area contributed by atoms with Crippen LogP contribution < -0.4 is 0 Å². The van der Waals surface area contributed by atoms with Crippen LogP contribution in [-0.4, -0.2) is 26.4 Å². The summed E-state index contributed by atoms with van der Waals surface area (Å²) in [5, 5.41) is 19.6. The molecule has 4 rings (SSSR count). The molecule has 5 heteroatoms. The Morgan fingerprint density at radius 2 is 2.17 bits per heavy atom. The highest BCUT2D eigenvalue weighted by Crippen LogP contribution is 2.53. The second kappa shape index (κ2) is 7.35. The minimum absolute atomic E-state index is 0.0155. The number of aliphatic hydroxyl groups is 2. The van der Waals surface area contributed by atoms with Crippen LogP contribution in [0.4, 0.5) is 0 Å². The first-order valence-electron chi connectivity index (χ1n) is 10.5. The Morgan fingerprint density at radius 1 is 1.38 bits per heavy atom. The van der Waals surface area contributed by atoms with Gasteiger partial charge >= 0.3 is 0 Å². The normalized spacial score (nSPS) is 26.0. The van der Waals surface area contributed by atoms with E-state index in [1.807, 2.05) is 13.8 Å². The van der Waals surface area contributed by atoms with E-state index in [1.54, 1.807) is 0 Å². The highest BCUT2D eigenvalue weighted by atomic mass is 16.3. The smallest absolute Gasteiger partial charge is 0.203 e. The molecule has 0 aliphatic heterocycles. The Kier molecular flexibility index (Phi) is 5.00. The summed E-state index contributed by atoms with van der Waals surface area (Å²) in [7, 11) is 0.